The smallest absolute Gasteiger partial charge is 0.224 e. The number of nitrogens with two attached hydrogens (primary N) is 2. The van der Waals surface area contributed by atoms with Gasteiger partial charge in [-0.3, -0.25) is 20.4 Å². The van der Waals surface area contributed by atoms with Gasteiger partial charge in [0.05, 0.1) is 0 Å². The summed E-state index contributed by atoms with van der Waals surface area (Å²) in [4.78, 5) is 23.9. The second-order valence-electron chi connectivity index (χ2n) is 6.29. The molecule has 30 heavy (non-hydrogen) atoms. The average Bonchev–Trinajstić information content (AvgIpc) is 2.66. The average molecular weight is 453 g/mol. The number of halogens is 2. The predicted octanol–water partition coefficient (Wildman–Crippen LogP) is 3.24. The molecule has 2 rings (SSSR count). The van der Waals surface area contributed by atoms with Crippen LogP contribution in [0.3, 0.4) is 0 Å². The van der Waals surface area contributed by atoms with E-state index in [0.717, 1.165) is 0 Å². The highest BCUT2D eigenvalue weighted by Gasteiger charge is 2.06. The number of nitrogens with one attached hydrogen (secondary N) is 4. The van der Waals surface area contributed by atoms with E-state index < -0.39 is 0 Å². The molecule has 0 atom stereocenters. The van der Waals surface area contributed by atoms with Crippen molar-refractivity contribution >= 4 is 59.7 Å². The van der Waals surface area contributed by atoms with E-state index in [2.05, 4.69) is 10.6 Å². The van der Waals surface area contributed by atoms with Crippen molar-refractivity contribution in [1.29, 1.82) is 10.8 Å². The van der Waals surface area contributed by atoms with Gasteiger partial charge in [-0.1, -0.05) is 0 Å². The van der Waals surface area contributed by atoms with E-state index in [1.165, 1.54) is 0 Å². The second kappa shape index (κ2) is 13.2. The maximum Gasteiger partial charge on any atom is 0.224 e. The van der Waals surface area contributed by atoms with Gasteiger partial charge in [0, 0.05) is 35.3 Å². The second-order valence-corrected chi connectivity index (χ2v) is 6.29. The van der Waals surface area contributed by atoms with Gasteiger partial charge in [0.1, 0.15) is 11.7 Å². The molecule has 0 fully saturated rings. The quantitative estimate of drug-likeness (QED) is 0.196. The van der Waals surface area contributed by atoms with E-state index >= 15 is 0 Å². The number of unbranched alkanes of at least 4 members (excludes halogenated alkanes) is 1. The predicted molar refractivity (Wildman–Crippen MR) is 125 cm³/mol. The van der Waals surface area contributed by atoms with E-state index in [-0.39, 0.29) is 48.3 Å². The summed E-state index contributed by atoms with van der Waals surface area (Å²) in [6.07, 6.45) is 1.81. The molecule has 0 unspecified atom stereocenters. The standard InChI is InChI=1S/C20H24N6O2.2ClH/c21-19(22)13-5-9-15(10-6-13)25-17(27)3-1-2-4-18(28)26-16-11-7-14(8-12-16)20(23)24;;/h5-12H,1-4H2,(H3,21,22)(H3,23,24)(H,25,27)(H,26,28);2*1H. The number of anilines is 2. The van der Waals surface area contributed by atoms with Crippen LogP contribution in [0.1, 0.15) is 36.8 Å². The SMILES string of the molecule is Cl.Cl.N=C(N)c1ccc(NC(=O)CCCCC(=O)Nc2ccc(C(=N)N)cc2)cc1. The molecule has 10 heteroatoms. The zero-order chi connectivity index (χ0) is 20.5. The highest BCUT2D eigenvalue weighted by atomic mass is 35.5. The fraction of sp³-hybridized carbons (Fsp3) is 0.200. The minimum Gasteiger partial charge on any atom is -0.384 e. The van der Waals surface area contributed by atoms with Gasteiger partial charge >= 0.3 is 0 Å². The molecule has 8 N–H and O–H groups in total. The third-order valence-corrected chi connectivity index (χ3v) is 4.02. The molecule has 0 bridgehead atoms. The van der Waals surface area contributed by atoms with Crippen LogP contribution in [0.15, 0.2) is 48.5 Å². The van der Waals surface area contributed by atoms with Crippen molar-refractivity contribution in [1.82, 2.24) is 0 Å². The van der Waals surface area contributed by atoms with Gasteiger partial charge in [-0.25, -0.2) is 0 Å². The first-order valence-electron chi connectivity index (χ1n) is 8.84. The largest absolute Gasteiger partial charge is 0.384 e. The number of hydrogen-bond acceptors (Lipinski definition) is 4. The summed E-state index contributed by atoms with van der Waals surface area (Å²) < 4.78 is 0. The zero-order valence-electron chi connectivity index (χ0n) is 16.2. The van der Waals surface area contributed by atoms with E-state index in [1.54, 1.807) is 48.5 Å². The van der Waals surface area contributed by atoms with Crippen LogP contribution in [0.2, 0.25) is 0 Å². The molecule has 0 aliphatic heterocycles. The Hall–Kier alpha value is -3.10. The van der Waals surface area contributed by atoms with Crippen molar-refractivity contribution in [3.63, 3.8) is 0 Å². The van der Waals surface area contributed by atoms with Crippen molar-refractivity contribution in [3.8, 4) is 0 Å². The molecule has 2 aromatic carbocycles. The number of amides is 2. The van der Waals surface area contributed by atoms with E-state index in [0.29, 0.717) is 48.2 Å². The Morgan fingerprint density at radius 3 is 1.23 bits per heavy atom. The van der Waals surface area contributed by atoms with Gasteiger partial charge in [-0.2, -0.15) is 0 Å². The Balaban J connectivity index is 0.00000420. The van der Waals surface area contributed by atoms with Gasteiger partial charge in [0.2, 0.25) is 11.8 Å². The van der Waals surface area contributed by atoms with Crippen LogP contribution in [-0.2, 0) is 9.59 Å². The van der Waals surface area contributed by atoms with Crippen LogP contribution in [0.25, 0.3) is 0 Å². The molecular formula is C20H26Cl2N6O2. The Kier molecular flexibility index (Phi) is 11.8. The van der Waals surface area contributed by atoms with Gasteiger partial charge in [-0.05, 0) is 61.4 Å². The van der Waals surface area contributed by atoms with Crippen molar-refractivity contribution in [3.05, 3.63) is 59.7 Å². The molecule has 0 spiro atoms. The summed E-state index contributed by atoms with van der Waals surface area (Å²) in [6, 6.07) is 13.5. The van der Waals surface area contributed by atoms with Gasteiger partial charge in [-0.15, -0.1) is 24.8 Å². The number of carbonyl (C=O) groups excluding carboxylic acids is 2. The van der Waals surface area contributed by atoms with Crippen LogP contribution >= 0.6 is 24.8 Å². The lowest BCUT2D eigenvalue weighted by atomic mass is 10.1. The number of hydrogen-bond donors (Lipinski definition) is 6. The molecule has 0 aliphatic rings. The first-order valence-corrected chi connectivity index (χ1v) is 8.84. The molecular weight excluding hydrogens is 427 g/mol. The summed E-state index contributed by atoms with van der Waals surface area (Å²) in [5.74, 6) is -0.302. The maximum absolute atomic E-state index is 11.9. The first kappa shape index (κ1) is 26.9. The van der Waals surface area contributed by atoms with Crippen molar-refractivity contribution in [2.75, 3.05) is 10.6 Å². The van der Waals surface area contributed by atoms with Crippen molar-refractivity contribution < 1.29 is 9.59 Å². The van der Waals surface area contributed by atoms with Crippen LogP contribution in [0.4, 0.5) is 11.4 Å². The number of benzene rings is 2. The van der Waals surface area contributed by atoms with Crippen molar-refractivity contribution in [2.24, 2.45) is 11.5 Å². The minimum absolute atomic E-state index is 0. The third kappa shape index (κ3) is 8.93. The number of rotatable bonds is 9. The fourth-order valence-corrected chi connectivity index (χ4v) is 2.48. The molecule has 0 aliphatic carbocycles. The number of nitrogen functional groups attached to an aromatic ring is 2. The van der Waals surface area contributed by atoms with E-state index in [9.17, 15) is 9.59 Å². The Labute approximate surface area is 187 Å². The van der Waals surface area contributed by atoms with Gasteiger partial charge < -0.3 is 22.1 Å². The van der Waals surface area contributed by atoms with Crippen LogP contribution in [0.5, 0.6) is 0 Å². The minimum atomic E-state index is -0.129. The molecule has 2 aromatic rings. The Morgan fingerprint density at radius 1 is 0.667 bits per heavy atom. The molecule has 0 saturated heterocycles. The Bertz CT molecular complexity index is 796. The molecule has 162 valence electrons. The fourth-order valence-electron chi connectivity index (χ4n) is 2.48. The lowest BCUT2D eigenvalue weighted by Crippen LogP contribution is -2.14. The summed E-state index contributed by atoms with van der Waals surface area (Å²) >= 11 is 0. The Morgan fingerprint density at radius 2 is 0.967 bits per heavy atom. The highest BCUT2D eigenvalue weighted by Crippen LogP contribution is 2.12. The first-order chi connectivity index (χ1) is 13.3. The zero-order valence-corrected chi connectivity index (χ0v) is 17.9. The lowest BCUT2D eigenvalue weighted by molar-refractivity contribution is -0.118. The number of carbonyl (C=O) groups is 2. The summed E-state index contributed by atoms with van der Waals surface area (Å²) in [5, 5.41) is 20.2. The van der Waals surface area contributed by atoms with Crippen LogP contribution in [-0.4, -0.2) is 23.5 Å². The monoisotopic (exact) mass is 452 g/mol. The van der Waals surface area contributed by atoms with Gasteiger partial charge in [0.25, 0.3) is 0 Å². The topological polar surface area (TPSA) is 158 Å². The van der Waals surface area contributed by atoms with Gasteiger partial charge in [0.15, 0.2) is 0 Å². The normalized spacial score (nSPS) is 9.47. The summed E-state index contributed by atoms with van der Waals surface area (Å²) in [6.45, 7) is 0. The van der Waals surface area contributed by atoms with Crippen LogP contribution in [0, 0.1) is 10.8 Å². The summed E-state index contributed by atoms with van der Waals surface area (Å²) in [7, 11) is 0. The third-order valence-electron chi connectivity index (χ3n) is 4.02. The van der Waals surface area contributed by atoms with Crippen LogP contribution < -0.4 is 22.1 Å². The van der Waals surface area contributed by atoms with E-state index in [4.69, 9.17) is 22.3 Å². The summed E-state index contributed by atoms with van der Waals surface area (Å²) in [5.41, 5.74) is 13.3. The molecule has 0 radical (unpaired) electrons. The van der Waals surface area contributed by atoms with Crippen molar-refractivity contribution in [2.45, 2.75) is 25.7 Å². The maximum atomic E-state index is 11.9. The molecule has 0 aromatic heterocycles. The molecule has 2 amide bonds. The molecule has 0 saturated carbocycles. The molecule has 8 nitrogen and oxygen atoms in total. The van der Waals surface area contributed by atoms with E-state index in [1.807, 2.05) is 0 Å². The molecule has 0 heterocycles. The number of amidine groups is 2. The highest BCUT2D eigenvalue weighted by molar-refractivity contribution is 5.97. The lowest BCUT2D eigenvalue weighted by Gasteiger charge is -2.07.